The number of amides is 1. The first kappa shape index (κ1) is 26.4. The van der Waals surface area contributed by atoms with Gasteiger partial charge in [0.1, 0.15) is 23.9 Å². The molecule has 0 bridgehead atoms. The van der Waals surface area contributed by atoms with Crippen molar-refractivity contribution in [3.05, 3.63) is 66.4 Å². The van der Waals surface area contributed by atoms with Crippen LogP contribution < -0.4 is 20.7 Å². The summed E-state index contributed by atoms with van der Waals surface area (Å²) in [5.74, 6) is 1.31. The number of aryl methyl sites for hydroxylation is 1. The predicted molar refractivity (Wildman–Crippen MR) is 151 cm³/mol. The minimum Gasteiger partial charge on any atom is -0.489 e. The molecule has 4 aromatic heterocycles. The van der Waals surface area contributed by atoms with Gasteiger partial charge in [0.25, 0.3) is 5.91 Å². The largest absolute Gasteiger partial charge is 0.489 e. The van der Waals surface area contributed by atoms with Gasteiger partial charge in [0.05, 0.1) is 29.2 Å². The monoisotopic (exact) mass is 529 g/mol. The summed E-state index contributed by atoms with van der Waals surface area (Å²) >= 11 is 0. The molecular weight excluding hydrogens is 494 g/mol. The minimum absolute atomic E-state index is 0.141. The van der Waals surface area contributed by atoms with Crippen molar-refractivity contribution in [1.29, 1.82) is 0 Å². The first-order valence-corrected chi connectivity index (χ1v) is 13.1. The van der Waals surface area contributed by atoms with Gasteiger partial charge in [-0.15, -0.1) is 0 Å². The van der Waals surface area contributed by atoms with Crippen molar-refractivity contribution in [2.75, 3.05) is 30.3 Å². The van der Waals surface area contributed by atoms with E-state index < -0.39 is 5.60 Å². The highest BCUT2D eigenvalue weighted by Crippen LogP contribution is 2.33. The van der Waals surface area contributed by atoms with Crippen molar-refractivity contribution in [1.82, 2.24) is 24.9 Å². The summed E-state index contributed by atoms with van der Waals surface area (Å²) in [5, 5.41) is 17.6. The van der Waals surface area contributed by atoms with Crippen LogP contribution in [0.2, 0.25) is 0 Å². The number of ether oxygens (including phenoxy) is 1. The molecule has 1 amide bonds. The van der Waals surface area contributed by atoms with Crippen molar-refractivity contribution in [2.45, 2.75) is 51.7 Å². The molecule has 1 saturated heterocycles. The number of nitrogens with zero attached hydrogens (tertiary/aromatic N) is 5. The van der Waals surface area contributed by atoms with Crippen molar-refractivity contribution in [3.8, 4) is 16.9 Å². The van der Waals surface area contributed by atoms with E-state index in [1.165, 1.54) is 0 Å². The average Bonchev–Trinajstić information content (AvgIpc) is 3.27. The lowest BCUT2D eigenvalue weighted by Gasteiger charge is -2.40. The highest BCUT2D eigenvalue weighted by Gasteiger charge is 2.32. The number of nitrogens with one attached hydrogen (secondary N) is 1. The van der Waals surface area contributed by atoms with E-state index in [9.17, 15) is 9.90 Å². The molecule has 1 aliphatic heterocycles. The number of carbonyl (C=O) groups is 1. The number of nitrogens with two attached hydrogens (primary N) is 1. The van der Waals surface area contributed by atoms with Crippen LogP contribution in [0.1, 0.15) is 49.7 Å². The van der Waals surface area contributed by atoms with Crippen molar-refractivity contribution in [3.63, 3.8) is 0 Å². The fourth-order valence-corrected chi connectivity index (χ4v) is 4.76. The Hall–Kier alpha value is -4.18. The number of aromatic nitrogens is 4. The Morgan fingerprint density at radius 1 is 1.18 bits per heavy atom. The lowest BCUT2D eigenvalue weighted by Crippen LogP contribution is -2.53. The molecule has 0 saturated carbocycles. The quantitative estimate of drug-likeness (QED) is 0.331. The second kappa shape index (κ2) is 10.2. The number of hydrogen-bond donors (Lipinski definition) is 3. The number of carbonyl (C=O) groups excluding carboxylic acids is 1. The van der Waals surface area contributed by atoms with E-state index in [0.29, 0.717) is 17.1 Å². The molecular formula is C29H35N7O3. The van der Waals surface area contributed by atoms with Crippen LogP contribution in [0.15, 0.2) is 55.1 Å². The van der Waals surface area contributed by atoms with E-state index >= 15 is 0 Å². The van der Waals surface area contributed by atoms with Crippen LogP contribution in [0.3, 0.4) is 0 Å². The Balaban J connectivity index is 1.29. The first-order chi connectivity index (χ1) is 18.5. The maximum absolute atomic E-state index is 12.8. The zero-order valence-corrected chi connectivity index (χ0v) is 22.8. The van der Waals surface area contributed by atoms with Gasteiger partial charge >= 0.3 is 0 Å². The molecule has 0 unspecified atom stereocenters. The third kappa shape index (κ3) is 5.96. The first-order valence-electron chi connectivity index (χ1n) is 13.1. The molecule has 1 aliphatic rings. The Morgan fingerprint density at radius 3 is 2.62 bits per heavy atom. The van der Waals surface area contributed by atoms with Gasteiger partial charge in [-0.25, -0.2) is 9.50 Å². The fourth-order valence-electron chi connectivity index (χ4n) is 4.76. The van der Waals surface area contributed by atoms with E-state index in [-0.39, 0.29) is 18.1 Å². The standard InChI is InChI=1S/C29H35N7O3/c1-19-7-10-31-24(13-19)27(37)34-29(4)8-11-35(12-9-29)25-6-5-20(15-32-25)22-14-21(39-18-28(2,3)38)17-36-26(22)23(30)16-33-36/h5-7,10,13-17,38H,8-9,11-12,18,30H2,1-4H3,(H,34,37). The molecule has 0 aliphatic carbocycles. The number of rotatable bonds is 7. The summed E-state index contributed by atoms with van der Waals surface area (Å²) in [6.45, 7) is 9.10. The highest BCUT2D eigenvalue weighted by atomic mass is 16.5. The zero-order valence-electron chi connectivity index (χ0n) is 22.8. The molecule has 5 rings (SSSR count). The van der Waals surface area contributed by atoms with Gasteiger partial charge in [0, 0.05) is 42.1 Å². The lowest BCUT2D eigenvalue weighted by atomic mass is 9.89. The van der Waals surface area contributed by atoms with Gasteiger partial charge in [-0.3, -0.25) is 9.78 Å². The van der Waals surface area contributed by atoms with Crippen LogP contribution in [-0.4, -0.2) is 61.4 Å². The Kier molecular flexibility index (Phi) is 6.90. The molecule has 0 atom stereocenters. The summed E-state index contributed by atoms with van der Waals surface area (Å²) in [6.07, 6.45) is 8.44. The summed E-state index contributed by atoms with van der Waals surface area (Å²) in [4.78, 5) is 24.0. The molecule has 0 spiro atoms. The minimum atomic E-state index is -0.966. The van der Waals surface area contributed by atoms with Crippen LogP contribution in [0.25, 0.3) is 16.6 Å². The van der Waals surface area contributed by atoms with Crippen LogP contribution in [-0.2, 0) is 0 Å². The van der Waals surface area contributed by atoms with Crippen LogP contribution in [0.5, 0.6) is 5.75 Å². The molecule has 39 heavy (non-hydrogen) atoms. The second-order valence-corrected chi connectivity index (χ2v) is 11.2. The van der Waals surface area contributed by atoms with Crippen LogP contribution in [0, 0.1) is 6.92 Å². The van der Waals surface area contributed by atoms with Gasteiger partial charge in [0.2, 0.25) is 0 Å². The smallest absolute Gasteiger partial charge is 0.270 e. The maximum atomic E-state index is 12.8. The highest BCUT2D eigenvalue weighted by molar-refractivity contribution is 5.93. The predicted octanol–water partition coefficient (Wildman–Crippen LogP) is 3.62. The molecule has 1 fully saturated rings. The van der Waals surface area contributed by atoms with Crippen LogP contribution in [0.4, 0.5) is 11.5 Å². The van der Waals surface area contributed by atoms with Crippen molar-refractivity contribution in [2.24, 2.45) is 0 Å². The number of anilines is 2. The number of pyridine rings is 3. The Bertz CT molecular complexity index is 1480. The number of fused-ring (bicyclic) bond motifs is 1. The molecule has 0 radical (unpaired) electrons. The zero-order chi connectivity index (χ0) is 27.8. The average molecular weight is 530 g/mol. The SMILES string of the molecule is Cc1ccnc(C(=O)NC2(C)CCN(c3ccc(-c4cc(OCC(C)(C)O)cn5ncc(N)c45)cn3)CC2)c1. The number of aliphatic hydroxyl groups is 1. The van der Waals surface area contributed by atoms with E-state index in [4.69, 9.17) is 15.5 Å². The van der Waals surface area contributed by atoms with Gasteiger partial charge in [0.15, 0.2) is 0 Å². The van der Waals surface area contributed by atoms with Crippen molar-refractivity contribution < 1.29 is 14.6 Å². The second-order valence-electron chi connectivity index (χ2n) is 11.2. The third-order valence-corrected chi connectivity index (χ3v) is 7.02. The van der Waals surface area contributed by atoms with E-state index in [1.807, 2.05) is 37.4 Å². The third-order valence-electron chi connectivity index (χ3n) is 7.02. The Morgan fingerprint density at radius 2 is 1.95 bits per heavy atom. The molecule has 0 aromatic carbocycles. The van der Waals surface area contributed by atoms with E-state index in [1.54, 1.807) is 43.0 Å². The topological polar surface area (TPSA) is 131 Å². The summed E-state index contributed by atoms with van der Waals surface area (Å²) in [5.41, 5.74) is 9.46. The summed E-state index contributed by atoms with van der Waals surface area (Å²) < 4.78 is 7.52. The van der Waals surface area contributed by atoms with Gasteiger partial charge < -0.3 is 25.8 Å². The van der Waals surface area contributed by atoms with Gasteiger partial charge in [-0.2, -0.15) is 5.10 Å². The molecule has 204 valence electrons. The van der Waals surface area contributed by atoms with E-state index in [2.05, 4.69) is 27.2 Å². The molecule has 4 aromatic rings. The normalized spacial score (nSPS) is 15.4. The van der Waals surface area contributed by atoms with Crippen molar-refractivity contribution >= 4 is 22.9 Å². The summed E-state index contributed by atoms with van der Waals surface area (Å²) in [6, 6.07) is 9.60. The number of nitrogen functional groups attached to an aromatic ring is 1. The lowest BCUT2D eigenvalue weighted by molar-refractivity contribution is 0.0283. The maximum Gasteiger partial charge on any atom is 0.270 e. The molecule has 10 heteroatoms. The molecule has 4 N–H and O–H groups in total. The number of hydrogen-bond acceptors (Lipinski definition) is 8. The Labute approximate surface area is 227 Å². The fraction of sp³-hybridized carbons (Fsp3) is 0.379. The molecule has 5 heterocycles. The van der Waals surface area contributed by atoms with Gasteiger partial charge in [-0.05, 0) is 76.4 Å². The van der Waals surface area contributed by atoms with Crippen LogP contribution >= 0.6 is 0 Å². The summed E-state index contributed by atoms with van der Waals surface area (Å²) in [7, 11) is 0. The molecule has 10 nitrogen and oxygen atoms in total. The number of piperidine rings is 1. The van der Waals surface area contributed by atoms with Gasteiger partial charge in [-0.1, -0.05) is 0 Å². The van der Waals surface area contributed by atoms with E-state index in [0.717, 1.165) is 54.0 Å².